The molecular weight excluding hydrogens is 308 g/mol. The Morgan fingerprint density at radius 2 is 2.17 bits per heavy atom. The molecule has 0 aromatic carbocycles. The Morgan fingerprint density at radius 3 is 2.92 bits per heavy atom. The van der Waals surface area contributed by atoms with E-state index in [0.717, 1.165) is 12.8 Å². The number of piperidine rings is 1. The van der Waals surface area contributed by atoms with Gasteiger partial charge in [-0.05, 0) is 31.0 Å². The van der Waals surface area contributed by atoms with Crippen molar-refractivity contribution in [1.29, 1.82) is 0 Å². The van der Waals surface area contributed by atoms with Crippen molar-refractivity contribution >= 4 is 17.6 Å². The third kappa shape index (κ3) is 3.70. The van der Waals surface area contributed by atoms with Crippen LogP contribution in [0.5, 0.6) is 0 Å². The Labute approximate surface area is 139 Å². The number of urea groups is 1. The van der Waals surface area contributed by atoms with Crippen molar-refractivity contribution in [2.75, 3.05) is 18.4 Å². The molecule has 1 aliphatic heterocycles. The molecule has 24 heavy (non-hydrogen) atoms. The van der Waals surface area contributed by atoms with Crippen molar-refractivity contribution in [2.45, 2.75) is 25.8 Å². The SMILES string of the molecule is CC(=O)N[C@H]1CCCN(C(=O)Nc2cccnc2-n2cccn2)C1. The van der Waals surface area contributed by atoms with Crippen molar-refractivity contribution in [3.63, 3.8) is 0 Å². The summed E-state index contributed by atoms with van der Waals surface area (Å²) < 4.78 is 1.60. The molecule has 0 aliphatic carbocycles. The van der Waals surface area contributed by atoms with E-state index >= 15 is 0 Å². The van der Waals surface area contributed by atoms with Crippen molar-refractivity contribution in [3.05, 3.63) is 36.8 Å². The van der Waals surface area contributed by atoms with E-state index in [1.54, 1.807) is 46.4 Å². The molecule has 2 aromatic rings. The average Bonchev–Trinajstić information content (AvgIpc) is 3.09. The Morgan fingerprint density at radius 1 is 1.29 bits per heavy atom. The minimum Gasteiger partial charge on any atom is -0.352 e. The Balaban J connectivity index is 1.70. The molecule has 1 saturated heterocycles. The normalized spacial score (nSPS) is 17.4. The molecule has 1 fully saturated rings. The number of carbonyl (C=O) groups is 2. The van der Waals surface area contributed by atoms with Crippen LogP contribution in [-0.2, 0) is 4.79 Å². The molecule has 0 saturated carbocycles. The van der Waals surface area contributed by atoms with E-state index in [1.165, 1.54) is 6.92 Å². The van der Waals surface area contributed by atoms with Gasteiger partial charge >= 0.3 is 6.03 Å². The van der Waals surface area contributed by atoms with Gasteiger partial charge in [-0.2, -0.15) is 5.10 Å². The molecule has 2 aromatic heterocycles. The highest BCUT2D eigenvalue weighted by atomic mass is 16.2. The fraction of sp³-hybridized carbons (Fsp3) is 0.375. The second kappa shape index (κ2) is 7.12. The summed E-state index contributed by atoms with van der Waals surface area (Å²) >= 11 is 0. The van der Waals surface area contributed by atoms with E-state index < -0.39 is 0 Å². The third-order valence-corrected chi connectivity index (χ3v) is 3.87. The van der Waals surface area contributed by atoms with Crippen LogP contribution in [0.4, 0.5) is 10.5 Å². The summed E-state index contributed by atoms with van der Waals surface area (Å²) in [6, 6.07) is 5.15. The topological polar surface area (TPSA) is 92.2 Å². The minimum atomic E-state index is -0.202. The number of aromatic nitrogens is 3. The second-order valence-corrected chi connectivity index (χ2v) is 5.74. The number of carbonyl (C=O) groups excluding carboxylic acids is 2. The molecule has 3 heterocycles. The molecule has 0 unspecified atom stereocenters. The van der Waals surface area contributed by atoms with Crippen LogP contribution in [0.25, 0.3) is 5.82 Å². The standard InChI is InChI=1S/C16H20N6O2/c1-12(23)19-13-5-3-9-21(11-13)16(24)20-14-6-2-7-17-15(14)22-10-4-8-18-22/h2,4,6-8,10,13H,3,5,9,11H2,1H3,(H,19,23)(H,20,24)/t13-/m0/s1. The summed E-state index contributed by atoms with van der Waals surface area (Å²) in [6.45, 7) is 2.66. The summed E-state index contributed by atoms with van der Waals surface area (Å²) in [5.41, 5.74) is 0.591. The van der Waals surface area contributed by atoms with Gasteiger partial charge in [0.25, 0.3) is 0 Å². The van der Waals surface area contributed by atoms with Crippen molar-refractivity contribution in [1.82, 2.24) is 25.0 Å². The van der Waals surface area contributed by atoms with Crippen molar-refractivity contribution < 1.29 is 9.59 Å². The monoisotopic (exact) mass is 328 g/mol. The Hall–Kier alpha value is -2.90. The largest absolute Gasteiger partial charge is 0.352 e. The molecule has 3 rings (SSSR count). The second-order valence-electron chi connectivity index (χ2n) is 5.74. The molecule has 0 spiro atoms. The van der Waals surface area contributed by atoms with E-state index in [9.17, 15) is 9.59 Å². The summed E-state index contributed by atoms with van der Waals surface area (Å²) in [5, 5.41) is 9.92. The quantitative estimate of drug-likeness (QED) is 0.891. The fourth-order valence-corrected chi connectivity index (χ4v) is 2.83. The molecule has 2 N–H and O–H groups in total. The van der Waals surface area contributed by atoms with Crippen LogP contribution < -0.4 is 10.6 Å². The highest BCUT2D eigenvalue weighted by Crippen LogP contribution is 2.18. The predicted octanol–water partition coefficient (Wildman–Crippen LogP) is 1.40. The Bertz CT molecular complexity index is 715. The van der Waals surface area contributed by atoms with E-state index in [2.05, 4.69) is 20.7 Å². The first-order valence-electron chi connectivity index (χ1n) is 7.91. The number of nitrogens with zero attached hydrogens (tertiary/aromatic N) is 4. The molecule has 1 atom stereocenters. The number of nitrogens with one attached hydrogen (secondary N) is 2. The number of anilines is 1. The summed E-state index contributed by atoms with van der Waals surface area (Å²) in [4.78, 5) is 29.8. The highest BCUT2D eigenvalue weighted by Gasteiger charge is 2.24. The molecule has 3 amide bonds. The molecule has 8 nitrogen and oxygen atoms in total. The lowest BCUT2D eigenvalue weighted by Gasteiger charge is -2.33. The zero-order chi connectivity index (χ0) is 16.9. The number of likely N-dealkylation sites (tertiary alicyclic amines) is 1. The number of hydrogen-bond donors (Lipinski definition) is 2. The zero-order valence-corrected chi connectivity index (χ0v) is 13.5. The molecular formula is C16H20N6O2. The van der Waals surface area contributed by atoms with Crippen molar-refractivity contribution in [3.8, 4) is 5.82 Å². The van der Waals surface area contributed by atoms with Gasteiger partial charge in [0.1, 0.15) is 0 Å². The van der Waals surface area contributed by atoms with Crippen molar-refractivity contribution in [2.24, 2.45) is 0 Å². The lowest BCUT2D eigenvalue weighted by atomic mass is 10.1. The molecule has 126 valence electrons. The smallest absolute Gasteiger partial charge is 0.322 e. The van der Waals surface area contributed by atoms with Crippen LogP contribution in [0, 0.1) is 0 Å². The summed E-state index contributed by atoms with van der Waals surface area (Å²) in [5.74, 6) is 0.488. The van der Waals surface area contributed by atoms with Crippen LogP contribution >= 0.6 is 0 Å². The zero-order valence-electron chi connectivity index (χ0n) is 13.5. The third-order valence-electron chi connectivity index (χ3n) is 3.87. The fourth-order valence-electron chi connectivity index (χ4n) is 2.83. The van der Waals surface area contributed by atoms with Gasteiger partial charge in [-0.3, -0.25) is 4.79 Å². The first kappa shape index (κ1) is 16.0. The van der Waals surface area contributed by atoms with Crippen LogP contribution in [0.15, 0.2) is 36.8 Å². The van der Waals surface area contributed by atoms with Gasteiger partial charge in [-0.25, -0.2) is 14.5 Å². The molecule has 8 heteroatoms. The number of amides is 3. The van der Waals surface area contributed by atoms with E-state index in [0.29, 0.717) is 24.6 Å². The van der Waals surface area contributed by atoms with Gasteiger partial charge in [-0.1, -0.05) is 0 Å². The van der Waals surface area contributed by atoms with E-state index in [4.69, 9.17) is 0 Å². The van der Waals surface area contributed by atoms with E-state index in [1.807, 2.05) is 0 Å². The minimum absolute atomic E-state index is 0.00137. The van der Waals surface area contributed by atoms with Gasteiger partial charge in [0.05, 0.1) is 5.69 Å². The van der Waals surface area contributed by atoms with Gasteiger partial charge in [0.15, 0.2) is 5.82 Å². The first-order chi connectivity index (χ1) is 11.6. The maximum absolute atomic E-state index is 12.6. The predicted molar refractivity (Wildman–Crippen MR) is 88.8 cm³/mol. The number of pyridine rings is 1. The molecule has 0 radical (unpaired) electrons. The number of rotatable bonds is 3. The first-order valence-corrected chi connectivity index (χ1v) is 7.91. The maximum atomic E-state index is 12.6. The van der Waals surface area contributed by atoms with Crippen LogP contribution in [0.2, 0.25) is 0 Å². The number of hydrogen-bond acceptors (Lipinski definition) is 4. The summed E-state index contributed by atoms with van der Waals surface area (Å²) in [7, 11) is 0. The Kier molecular flexibility index (Phi) is 4.74. The lowest BCUT2D eigenvalue weighted by molar-refractivity contribution is -0.119. The molecule has 1 aliphatic rings. The molecule has 0 bridgehead atoms. The van der Waals surface area contributed by atoms with Gasteiger partial charge in [-0.15, -0.1) is 0 Å². The van der Waals surface area contributed by atoms with Crippen LogP contribution in [-0.4, -0.2) is 50.7 Å². The maximum Gasteiger partial charge on any atom is 0.322 e. The van der Waals surface area contributed by atoms with E-state index in [-0.39, 0.29) is 18.0 Å². The van der Waals surface area contributed by atoms with Gasteiger partial charge in [0, 0.05) is 44.6 Å². The lowest BCUT2D eigenvalue weighted by Crippen LogP contribution is -2.50. The highest BCUT2D eigenvalue weighted by molar-refractivity contribution is 5.91. The average molecular weight is 328 g/mol. The van der Waals surface area contributed by atoms with Gasteiger partial charge < -0.3 is 15.5 Å². The van der Waals surface area contributed by atoms with Crippen LogP contribution in [0.3, 0.4) is 0 Å². The van der Waals surface area contributed by atoms with Crippen LogP contribution in [0.1, 0.15) is 19.8 Å². The van der Waals surface area contributed by atoms with Gasteiger partial charge in [0.2, 0.25) is 5.91 Å². The summed E-state index contributed by atoms with van der Waals surface area (Å²) in [6.07, 6.45) is 6.82.